The van der Waals surface area contributed by atoms with Crippen molar-refractivity contribution in [1.29, 1.82) is 0 Å². The molecule has 26 heavy (non-hydrogen) atoms. The van der Waals surface area contributed by atoms with E-state index in [9.17, 15) is 9.59 Å². The predicted molar refractivity (Wildman–Crippen MR) is 103 cm³/mol. The topological polar surface area (TPSA) is 110 Å². The van der Waals surface area contributed by atoms with Gasteiger partial charge in [0.05, 0.1) is 0 Å². The number of carbonyl (C=O) groups is 2. The van der Waals surface area contributed by atoms with Gasteiger partial charge in [0.1, 0.15) is 5.60 Å². The Morgan fingerprint density at radius 1 is 1.19 bits per heavy atom. The highest BCUT2D eigenvalue weighted by molar-refractivity contribution is 8.01. The van der Waals surface area contributed by atoms with Crippen molar-refractivity contribution in [1.82, 2.24) is 4.90 Å². The number of hydrogen-bond acceptors (Lipinski definition) is 4. The first-order valence-corrected chi connectivity index (χ1v) is 9.30. The number of amides is 1. The molecule has 1 aromatic carbocycles. The maximum Gasteiger partial charge on any atom is 0.410 e. The van der Waals surface area contributed by atoms with Crippen molar-refractivity contribution in [3.8, 4) is 0 Å². The molecule has 6 nitrogen and oxygen atoms in total. The summed E-state index contributed by atoms with van der Waals surface area (Å²) in [5.41, 5.74) is 1.51. The summed E-state index contributed by atoms with van der Waals surface area (Å²) in [6.07, 6.45) is 1.97. The van der Waals surface area contributed by atoms with Gasteiger partial charge in [-0.3, -0.25) is 4.79 Å². The molecule has 0 unspecified atom stereocenters. The van der Waals surface area contributed by atoms with Gasteiger partial charge in [-0.05, 0) is 52.7 Å². The second kappa shape index (κ2) is 7.98. The molecule has 2 aliphatic rings. The van der Waals surface area contributed by atoms with Crippen LogP contribution in [-0.4, -0.2) is 51.2 Å². The second-order valence-corrected chi connectivity index (χ2v) is 9.36. The molecule has 0 saturated carbocycles. The molecule has 0 aromatic heterocycles. The first kappa shape index (κ1) is 22.5. The van der Waals surface area contributed by atoms with Gasteiger partial charge in [-0.2, -0.15) is 0 Å². The number of Topliss-reactive ketones (excluding diaryl/α,β-unsaturated/α-hetero) is 1. The largest absolute Gasteiger partial charge is 0.444 e. The zero-order valence-corrected chi connectivity index (χ0v) is 16.7. The zero-order chi connectivity index (χ0) is 17.5. The Morgan fingerprint density at radius 3 is 2.38 bits per heavy atom. The fourth-order valence-corrected chi connectivity index (χ4v) is 4.79. The molecule has 0 radical (unpaired) electrons. The SMILES string of the molecule is Cc1ccc2c(c1)C(=O)CC1(CCN(C(=O)OC(C)(C)C)CC1)S2.O.O. The Balaban J connectivity index is 0.00000169. The highest BCUT2D eigenvalue weighted by Crippen LogP contribution is 2.49. The van der Waals surface area contributed by atoms with Gasteiger partial charge < -0.3 is 20.6 Å². The number of ketones is 1. The first-order valence-electron chi connectivity index (χ1n) is 8.48. The van der Waals surface area contributed by atoms with Crippen molar-refractivity contribution in [3.05, 3.63) is 29.3 Å². The maximum atomic E-state index is 12.6. The Morgan fingerprint density at radius 2 is 1.81 bits per heavy atom. The number of benzene rings is 1. The summed E-state index contributed by atoms with van der Waals surface area (Å²) in [4.78, 5) is 27.7. The van der Waals surface area contributed by atoms with Gasteiger partial charge in [0.2, 0.25) is 0 Å². The smallest absolute Gasteiger partial charge is 0.410 e. The van der Waals surface area contributed by atoms with Gasteiger partial charge in [0.25, 0.3) is 0 Å². The standard InChI is InChI=1S/C19H25NO3S.2H2O/c1-13-5-6-16-14(11-13)15(21)12-19(24-16)7-9-20(10-8-19)17(22)23-18(2,3)4;;/h5-6,11H,7-10,12H2,1-4H3;2*1H2. The Hall–Kier alpha value is -1.57. The molecule has 1 fully saturated rings. The van der Waals surface area contributed by atoms with E-state index in [-0.39, 0.29) is 27.6 Å². The predicted octanol–water partition coefficient (Wildman–Crippen LogP) is 2.79. The van der Waals surface area contributed by atoms with E-state index in [0.29, 0.717) is 19.5 Å². The van der Waals surface area contributed by atoms with Gasteiger partial charge in [0.15, 0.2) is 5.78 Å². The summed E-state index contributed by atoms with van der Waals surface area (Å²) in [5.74, 6) is 0.234. The summed E-state index contributed by atoms with van der Waals surface area (Å²) in [6.45, 7) is 8.95. The fourth-order valence-electron chi connectivity index (χ4n) is 3.31. The van der Waals surface area contributed by atoms with Crippen LogP contribution in [0.2, 0.25) is 0 Å². The number of thioether (sulfide) groups is 1. The lowest BCUT2D eigenvalue weighted by Crippen LogP contribution is -2.48. The number of fused-ring (bicyclic) bond motifs is 1. The fraction of sp³-hybridized carbons (Fsp3) is 0.579. The molecular weight excluding hydrogens is 354 g/mol. The lowest BCUT2D eigenvalue weighted by molar-refractivity contribution is 0.0196. The van der Waals surface area contributed by atoms with Crippen LogP contribution in [0.4, 0.5) is 4.79 Å². The third-order valence-corrected chi connectivity index (χ3v) is 6.13. The molecule has 7 heteroatoms. The number of ether oxygens (including phenoxy) is 1. The van der Waals surface area contributed by atoms with E-state index in [1.54, 1.807) is 4.90 Å². The molecule has 4 N–H and O–H groups in total. The monoisotopic (exact) mass is 383 g/mol. The maximum absolute atomic E-state index is 12.6. The zero-order valence-electron chi connectivity index (χ0n) is 15.8. The number of likely N-dealkylation sites (tertiary alicyclic amines) is 1. The summed E-state index contributed by atoms with van der Waals surface area (Å²) in [5, 5.41) is 0. The van der Waals surface area contributed by atoms with E-state index in [1.807, 2.05) is 45.5 Å². The number of carbonyl (C=O) groups excluding carboxylic acids is 2. The van der Waals surface area contributed by atoms with Crippen molar-refractivity contribution in [2.75, 3.05) is 13.1 Å². The molecule has 0 aliphatic carbocycles. The molecule has 0 bridgehead atoms. The van der Waals surface area contributed by atoms with Crippen molar-refractivity contribution >= 4 is 23.6 Å². The average molecular weight is 384 g/mol. The number of nitrogens with zero attached hydrogens (tertiary/aromatic N) is 1. The Kier molecular flexibility index (Phi) is 6.90. The second-order valence-electron chi connectivity index (χ2n) is 7.85. The van der Waals surface area contributed by atoms with Crippen LogP contribution in [0.15, 0.2) is 23.1 Å². The van der Waals surface area contributed by atoms with Crippen molar-refractivity contribution in [3.63, 3.8) is 0 Å². The minimum absolute atomic E-state index is 0. The summed E-state index contributed by atoms with van der Waals surface area (Å²) >= 11 is 1.82. The van der Waals surface area contributed by atoms with Crippen molar-refractivity contribution < 1.29 is 25.3 Å². The average Bonchev–Trinajstić information content (AvgIpc) is 2.47. The van der Waals surface area contributed by atoms with E-state index in [4.69, 9.17) is 4.74 Å². The van der Waals surface area contributed by atoms with Crippen LogP contribution in [-0.2, 0) is 4.74 Å². The van der Waals surface area contributed by atoms with Gasteiger partial charge in [-0.25, -0.2) is 4.79 Å². The van der Waals surface area contributed by atoms with E-state index in [0.717, 1.165) is 28.9 Å². The molecule has 1 aromatic rings. The lowest BCUT2D eigenvalue weighted by Gasteiger charge is -2.43. The summed E-state index contributed by atoms with van der Waals surface area (Å²) < 4.78 is 5.39. The van der Waals surface area contributed by atoms with Crippen LogP contribution in [0.25, 0.3) is 0 Å². The molecule has 2 heterocycles. The van der Waals surface area contributed by atoms with Gasteiger partial charge in [-0.1, -0.05) is 11.6 Å². The van der Waals surface area contributed by atoms with Gasteiger partial charge in [-0.15, -0.1) is 11.8 Å². The van der Waals surface area contributed by atoms with E-state index >= 15 is 0 Å². The molecular formula is C19H29NO5S. The minimum atomic E-state index is -0.474. The molecule has 1 saturated heterocycles. The number of piperidine rings is 1. The Labute approximate surface area is 158 Å². The molecule has 3 rings (SSSR count). The summed E-state index contributed by atoms with van der Waals surface area (Å²) in [7, 11) is 0. The highest BCUT2D eigenvalue weighted by atomic mass is 32.2. The van der Waals surface area contributed by atoms with E-state index in [2.05, 4.69) is 12.1 Å². The van der Waals surface area contributed by atoms with Crippen LogP contribution in [0, 0.1) is 6.92 Å². The molecule has 146 valence electrons. The van der Waals surface area contributed by atoms with E-state index in [1.165, 1.54) is 0 Å². The van der Waals surface area contributed by atoms with Crippen LogP contribution >= 0.6 is 11.8 Å². The van der Waals surface area contributed by atoms with Crippen LogP contribution in [0.1, 0.15) is 56.0 Å². The third kappa shape index (κ3) is 4.78. The van der Waals surface area contributed by atoms with E-state index < -0.39 is 5.60 Å². The first-order chi connectivity index (χ1) is 11.2. The molecule has 0 atom stereocenters. The molecule has 1 amide bonds. The normalized spacial score (nSPS) is 18.5. The van der Waals surface area contributed by atoms with Crippen LogP contribution in [0.5, 0.6) is 0 Å². The van der Waals surface area contributed by atoms with Gasteiger partial charge >= 0.3 is 6.09 Å². The number of hydrogen-bond donors (Lipinski definition) is 0. The molecule has 2 aliphatic heterocycles. The number of rotatable bonds is 0. The highest BCUT2D eigenvalue weighted by Gasteiger charge is 2.43. The van der Waals surface area contributed by atoms with Gasteiger partial charge in [0, 0.05) is 34.7 Å². The quantitative estimate of drug-likeness (QED) is 0.686. The Bertz CT molecular complexity index is 675. The minimum Gasteiger partial charge on any atom is -0.444 e. The van der Waals surface area contributed by atoms with Crippen LogP contribution < -0.4 is 0 Å². The summed E-state index contributed by atoms with van der Waals surface area (Å²) in [6, 6.07) is 6.12. The lowest BCUT2D eigenvalue weighted by atomic mass is 9.88. The van der Waals surface area contributed by atoms with Crippen LogP contribution in [0.3, 0.4) is 0 Å². The number of aryl methyl sites for hydroxylation is 1. The molecule has 1 spiro atoms. The van der Waals surface area contributed by atoms with Crippen molar-refractivity contribution in [2.45, 2.75) is 62.2 Å². The van der Waals surface area contributed by atoms with Crippen molar-refractivity contribution in [2.24, 2.45) is 0 Å². The third-order valence-electron chi connectivity index (χ3n) is 4.57.